The maximum atomic E-state index is 12.7. The summed E-state index contributed by atoms with van der Waals surface area (Å²) in [7, 11) is 0. The second-order valence-corrected chi connectivity index (χ2v) is 6.85. The lowest BCUT2D eigenvalue weighted by atomic mass is 10.1. The fourth-order valence-corrected chi connectivity index (χ4v) is 2.95. The summed E-state index contributed by atoms with van der Waals surface area (Å²) in [6.07, 6.45) is 1.91. The van der Waals surface area contributed by atoms with Gasteiger partial charge in [0.15, 0.2) is 0 Å². The van der Waals surface area contributed by atoms with Gasteiger partial charge in [0.25, 0.3) is 5.91 Å². The first kappa shape index (κ1) is 17.8. The van der Waals surface area contributed by atoms with E-state index in [0.717, 1.165) is 11.4 Å². The number of anilines is 1. The number of nitrogens with one attached hydrogen (secondary N) is 1. The monoisotopic (exact) mass is 349 g/mol. The molecule has 6 heteroatoms. The van der Waals surface area contributed by atoms with E-state index in [2.05, 4.69) is 15.3 Å². The van der Waals surface area contributed by atoms with Gasteiger partial charge in [0.05, 0.1) is 11.3 Å². The van der Waals surface area contributed by atoms with Crippen molar-refractivity contribution in [2.24, 2.45) is 0 Å². The summed E-state index contributed by atoms with van der Waals surface area (Å²) < 4.78 is 0. The van der Waals surface area contributed by atoms with E-state index in [1.165, 1.54) is 11.8 Å². The molecule has 0 aliphatic rings. The standard InChI is InChI=1S/C17H20ClN3OS/c1-9(2)15-19-11(4)14(17(21-15)23-5)16(22)20-13-8-12(18)7-6-10(13)3/h6-9H,1-5H3,(H,20,22). The van der Waals surface area contributed by atoms with Gasteiger partial charge in [0.1, 0.15) is 10.9 Å². The Labute approximate surface area is 146 Å². The number of benzene rings is 1. The lowest BCUT2D eigenvalue weighted by Gasteiger charge is -2.14. The fraction of sp³-hybridized carbons (Fsp3) is 0.353. The van der Waals surface area contributed by atoms with E-state index in [4.69, 9.17) is 11.6 Å². The molecule has 0 atom stereocenters. The number of nitrogens with zero attached hydrogens (tertiary/aromatic N) is 2. The van der Waals surface area contributed by atoms with E-state index in [9.17, 15) is 4.79 Å². The van der Waals surface area contributed by atoms with E-state index in [-0.39, 0.29) is 11.8 Å². The van der Waals surface area contributed by atoms with E-state index in [0.29, 0.717) is 27.0 Å². The largest absolute Gasteiger partial charge is 0.322 e. The Balaban J connectivity index is 2.41. The van der Waals surface area contributed by atoms with Gasteiger partial charge in [0, 0.05) is 16.6 Å². The number of hydrogen-bond acceptors (Lipinski definition) is 4. The van der Waals surface area contributed by atoms with E-state index in [1.807, 2.05) is 40.0 Å². The fourth-order valence-electron chi connectivity index (χ4n) is 2.15. The molecule has 0 bridgehead atoms. The molecule has 0 saturated carbocycles. The van der Waals surface area contributed by atoms with Crippen molar-refractivity contribution in [1.82, 2.24) is 9.97 Å². The minimum atomic E-state index is -0.215. The van der Waals surface area contributed by atoms with Crippen LogP contribution in [0.2, 0.25) is 5.02 Å². The number of aromatic nitrogens is 2. The van der Waals surface area contributed by atoms with Crippen molar-refractivity contribution < 1.29 is 4.79 Å². The van der Waals surface area contributed by atoms with Crippen LogP contribution in [0, 0.1) is 13.8 Å². The molecule has 1 aromatic heterocycles. The summed E-state index contributed by atoms with van der Waals surface area (Å²) in [5.41, 5.74) is 2.85. The third kappa shape index (κ3) is 4.03. The van der Waals surface area contributed by atoms with Crippen molar-refractivity contribution in [2.75, 3.05) is 11.6 Å². The molecule has 1 N–H and O–H groups in total. The Morgan fingerprint density at radius 3 is 2.57 bits per heavy atom. The topological polar surface area (TPSA) is 54.9 Å². The molecule has 0 radical (unpaired) electrons. The Hall–Kier alpha value is -1.59. The third-order valence-electron chi connectivity index (χ3n) is 3.46. The van der Waals surface area contributed by atoms with Crippen LogP contribution in [0.25, 0.3) is 0 Å². The quantitative estimate of drug-likeness (QED) is 0.633. The highest BCUT2D eigenvalue weighted by Gasteiger charge is 2.20. The van der Waals surface area contributed by atoms with E-state index < -0.39 is 0 Å². The molecule has 0 spiro atoms. The molecule has 0 aliphatic heterocycles. The third-order valence-corrected chi connectivity index (χ3v) is 4.38. The average molecular weight is 350 g/mol. The molecule has 2 aromatic rings. The number of rotatable bonds is 4. The Morgan fingerprint density at radius 2 is 1.96 bits per heavy atom. The van der Waals surface area contributed by atoms with Crippen LogP contribution in [-0.2, 0) is 0 Å². The molecule has 1 aromatic carbocycles. The number of aryl methyl sites for hydroxylation is 2. The van der Waals surface area contributed by atoms with Crippen LogP contribution in [0.3, 0.4) is 0 Å². The van der Waals surface area contributed by atoms with Crippen molar-refractivity contribution in [3.8, 4) is 0 Å². The lowest BCUT2D eigenvalue weighted by Crippen LogP contribution is -2.18. The zero-order valence-electron chi connectivity index (χ0n) is 13.9. The smallest absolute Gasteiger partial charge is 0.260 e. The zero-order chi connectivity index (χ0) is 17.1. The summed E-state index contributed by atoms with van der Waals surface area (Å²) in [5.74, 6) is 0.752. The van der Waals surface area contributed by atoms with Crippen molar-refractivity contribution in [2.45, 2.75) is 38.6 Å². The van der Waals surface area contributed by atoms with Gasteiger partial charge < -0.3 is 5.32 Å². The van der Waals surface area contributed by atoms with Crippen LogP contribution in [0.15, 0.2) is 23.2 Å². The molecule has 0 saturated heterocycles. The first-order valence-electron chi connectivity index (χ1n) is 7.33. The summed E-state index contributed by atoms with van der Waals surface area (Å²) in [4.78, 5) is 21.7. The van der Waals surface area contributed by atoms with Gasteiger partial charge in [-0.1, -0.05) is 31.5 Å². The minimum Gasteiger partial charge on any atom is -0.322 e. The molecule has 122 valence electrons. The van der Waals surface area contributed by atoms with Gasteiger partial charge in [-0.05, 0) is 37.8 Å². The van der Waals surface area contributed by atoms with Gasteiger partial charge in [-0.25, -0.2) is 9.97 Å². The number of carbonyl (C=O) groups is 1. The van der Waals surface area contributed by atoms with Gasteiger partial charge in [0.2, 0.25) is 0 Å². The van der Waals surface area contributed by atoms with Crippen molar-refractivity contribution in [1.29, 1.82) is 0 Å². The van der Waals surface area contributed by atoms with Crippen LogP contribution in [0.5, 0.6) is 0 Å². The minimum absolute atomic E-state index is 0.215. The van der Waals surface area contributed by atoms with Crippen molar-refractivity contribution in [3.63, 3.8) is 0 Å². The lowest BCUT2D eigenvalue weighted by molar-refractivity contribution is 0.102. The molecular weight excluding hydrogens is 330 g/mol. The SMILES string of the molecule is CSc1nc(C(C)C)nc(C)c1C(=O)Nc1cc(Cl)ccc1C. The van der Waals surface area contributed by atoms with Crippen LogP contribution in [0.4, 0.5) is 5.69 Å². The maximum absolute atomic E-state index is 12.7. The molecule has 1 heterocycles. The molecule has 2 rings (SSSR count). The van der Waals surface area contributed by atoms with Gasteiger partial charge >= 0.3 is 0 Å². The molecule has 4 nitrogen and oxygen atoms in total. The van der Waals surface area contributed by atoms with Gasteiger partial charge in [-0.2, -0.15) is 0 Å². The molecule has 1 amide bonds. The molecular formula is C17H20ClN3OS. The van der Waals surface area contributed by atoms with Gasteiger partial charge in [-0.15, -0.1) is 11.8 Å². The number of hydrogen-bond donors (Lipinski definition) is 1. The second-order valence-electron chi connectivity index (χ2n) is 5.62. The maximum Gasteiger partial charge on any atom is 0.260 e. The van der Waals surface area contributed by atoms with Crippen LogP contribution < -0.4 is 5.32 Å². The molecule has 23 heavy (non-hydrogen) atoms. The van der Waals surface area contributed by atoms with Crippen molar-refractivity contribution >= 4 is 35.0 Å². The number of halogens is 1. The summed E-state index contributed by atoms with van der Waals surface area (Å²) in [5, 5.41) is 4.19. The second kappa shape index (κ2) is 7.32. The average Bonchev–Trinajstić information content (AvgIpc) is 2.49. The highest BCUT2D eigenvalue weighted by Crippen LogP contribution is 2.26. The molecule has 0 unspecified atom stereocenters. The number of thioether (sulfide) groups is 1. The van der Waals surface area contributed by atoms with E-state index >= 15 is 0 Å². The Bertz CT molecular complexity index is 747. The summed E-state index contributed by atoms with van der Waals surface area (Å²) in [6.45, 7) is 7.83. The van der Waals surface area contributed by atoms with E-state index in [1.54, 1.807) is 12.1 Å². The van der Waals surface area contributed by atoms with Crippen LogP contribution in [0.1, 0.15) is 47.2 Å². The van der Waals surface area contributed by atoms with Gasteiger partial charge in [-0.3, -0.25) is 4.79 Å². The number of amides is 1. The normalized spacial score (nSPS) is 10.9. The number of carbonyl (C=O) groups excluding carboxylic acids is 1. The Kier molecular flexibility index (Phi) is 5.65. The molecule has 0 aliphatic carbocycles. The first-order valence-corrected chi connectivity index (χ1v) is 8.93. The first-order chi connectivity index (χ1) is 10.8. The van der Waals surface area contributed by atoms with Crippen molar-refractivity contribution in [3.05, 3.63) is 45.9 Å². The zero-order valence-corrected chi connectivity index (χ0v) is 15.5. The highest BCUT2D eigenvalue weighted by molar-refractivity contribution is 7.98. The predicted octanol–water partition coefficient (Wildman–Crippen LogP) is 4.84. The summed E-state index contributed by atoms with van der Waals surface area (Å²) in [6, 6.07) is 5.41. The van der Waals surface area contributed by atoms with Crippen LogP contribution in [-0.4, -0.2) is 22.1 Å². The van der Waals surface area contributed by atoms with Crippen LogP contribution >= 0.6 is 23.4 Å². The Morgan fingerprint density at radius 1 is 1.26 bits per heavy atom. The highest BCUT2D eigenvalue weighted by atomic mass is 35.5. The molecule has 0 fully saturated rings. The summed E-state index contributed by atoms with van der Waals surface area (Å²) >= 11 is 7.46. The predicted molar refractivity (Wildman–Crippen MR) is 96.8 cm³/mol.